The van der Waals surface area contributed by atoms with Crippen LogP contribution in [0.2, 0.25) is 0 Å². The first kappa shape index (κ1) is 18.2. The molecule has 130 valence electrons. The monoisotopic (exact) mass is 310 g/mol. The summed E-state index contributed by atoms with van der Waals surface area (Å²) in [5.41, 5.74) is 0. The summed E-state index contributed by atoms with van der Waals surface area (Å²) in [5, 5.41) is 0. The van der Waals surface area contributed by atoms with Gasteiger partial charge >= 0.3 is 0 Å². The maximum atomic E-state index is 5.48. The van der Waals surface area contributed by atoms with Gasteiger partial charge in [0.2, 0.25) is 0 Å². The fourth-order valence-electron chi connectivity index (χ4n) is 4.17. The first-order chi connectivity index (χ1) is 10.6. The van der Waals surface area contributed by atoms with Gasteiger partial charge in [0.1, 0.15) is 0 Å². The SMILES string of the molecule is COC1CCC(CCC(C)CN2CCN(C(C)C)CC2)CC1. The molecule has 2 fully saturated rings. The van der Waals surface area contributed by atoms with Crippen molar-refractivity contribution in [1.29, 1.82) is 0 Å². The van der Waals surface area contributed by atoms with E-state index in [-0.39, 0.29) is 0 Å². The lowest BCUT2D eigenvalue weighted by Crippen LogP contribution is -2.49. The van der Waals surface area contributed by atoms with Crippen LogP contribution in [0, 0.1) is 11.8 Å². The van der Waals surface area contributed by atoms with Gasteiger partial charge < -0.3 is 9.64 Å². The van der Waals surface area contributed by atoms with E-state index in [1.807, 2.05) is 7.11 Å². The normalized spacial score (nSPS) is 29.9. The minimum Gasteiger partial charge on any atom is -0.381 e. The molecule has 0 spiro atoms. The van der Waals surface area contributed by atoms with E-state index < -0.39 is 0 Å². The van der Waals surface area contributed by atoms with E-state index in [0.717, 1.165) is 11.8 Å². The molecule has 1 unspecified atom stereocenters. The molecule has 2 aliphatic rings. The number of ether oxygens (including phenoxy) is 1. The summed E-state index contributed by atoms with van der Waals surface area (Å²) in [6.45, 7) is 13.4. The van der Waals surface area contributed by atoms with Gasteiger partial charge in [0.25, 0.3) is 0 Å². The molecule has 1 saturated heterocycles. The summed E-state index contributed by atoms with van der Waals surface area (Å²) in [7, 11) is 1.87. The second-order valence-electron chi connectivity index (χ2n) is 7.99. The number of rotatable bonds is 7. The molecule has 3 nitrogen and oxygen atoms in total. The summed E-state index contributed by atoms with van der Waals surface area (Å²) < 4.78 is 5.48. The van der Waals surface area contributed by atoms with Crippen molar-refractivity contribution in [3.05, 3.63) is 0 Å². The molecule has 0 aromatic rings. The smallest absolute Gasteiger partial charge is 0.0571 e. The van der Waals surface area contributed by atoms with Gasteiger partial charge in [-0.1, -0.05) is 13.3 Å². The molecule has 0 N–H and O–H groups in total. The molecule has 1 heterocycles. The molecule has 0 aromatic carbocycles. The predicted molar refractivity (Wildman–Crippen MR) is 94.3 cm³/mol. The minimum absolute atomic E-state index is 0.547. The van der Waals surface area contributed by atoms with E-state index in [1.54, 1.807) is 0 Å². The Balaban J connectivity index is 1.58. The van der Waals surface area contributed by atoms with Gasteiger partial charge in [0.05, 0.1) is 6.10 Å². The van der Waals surface area contributed by atoms with Crippen molar-refractivity contribution in [2.24, 2.45) is 11.8 Å². The highest BCUT2D eigenvalue weighted by Crippen LogP contribution is 2.30. The van der Waals surface area contributed by atoms with Crippen molar-refractivity contribution in [3.63, 3.8) is 0 Å². The zero-order valence-electron chi connectivity index (χ0n) is 15.4. The summed E-state index contributed by atoms with van der Waals surface area (Å²) in [6, 6.07) is 0.710. The van der Waals surface area contributed by atoms with Crippen LogP contribution in [0.15, 0.2) is 0 Å². The molecular formula is C19H38N2O. The van der Waals surface area contributed by atoms with Crippen LogP contribution in [-0.2, 0) is 4.74 Å². The summed E-state index contributed by atoms with van der Waals surface area (Å²) >= 11 is 0. The van der Waals surface area contributed by atoms with Gasteiger partial charge in [0, 0.05) is 45.9 Å². The Labute approximate surface area is 138 Å². The summed E-state index contributed by atoms with van der Waals surface area (Å²) in [5.74, 6) is 1.82. The van der Waals surface area contributed by atoms with Gasteiger partial charge in [0.15, 0.2) is 0 Å². The maximum Gasteiger partial charge on any atom is 0.0571 e. The highest BCUT2D eigenvalue weighted by molar-refractivity contribution is 4.77. The van der Waals surface area contributed by atoms with Crippen molar-refractivity contribution < 1.29 is 4.74 Å². The molecule has 0 aromatic heterocycles. The largest absolute Gasteiger partial charge is 0.381 e. The molecular weight excluding hydrogens is 272 g/mol. The van der Waals surface area contributed by atoms with E-state index in [2.05, 4.69) is 30.6 Å². The second kappa shape index (κ2) is 9.24. The highest BCUT2D eigenvalue weighted by Gasteiger charge is 2.23. The third-order valence-electron chi connectivity index (χ3n) is 5.90. The van der Waals surface area contributed by atoms with Crippen LogP contribution >= 0.6 is 0 Å². The first-order valence-corrected chi connectivity index (χ1v) is 9.57. The van der Waals surface area contributed by atoms with Crippen molar-refractivity contribution in [2.75, 3.05) is 39.8 Å². The van der Waals surface area contributed by atoms with Crippen molar-refractivity contribution >= 4 is 0 Å². The van der Waals surface area contributed by atoms with Crippen LogP contribution in [0.3, 0.4) is 0 Å². The Bertz CT molecular complexity index is 292. The Hall–Kier alpha value is -0.120. The third-order valence-corrected chi connectivity index (χ3v) is 5.90. The zero-order valence-corrected chi connectivity index (χ0v) is 15.4. The summed E-state index contributed by atoms with van der Waals surface area (Å²) in [6.07, 6.45) is 8.73. The molecule has 1 aliphatic carbocycles. The lowest BCUT2D eigenvalue weighted by Gasteiger charge is -2.38. The topological polar surface area (TPSA) is 15.7 Å². The van der Waals surface area contributed by atoms with Crippen LogP contribution in [0.1, 0.15) is 59.3 Å². The van der Waals surface area contributed by atoms with E-state index in [4.69, 9.17) is 4.74 Å². The fraction of sp³-hybridized carbons (Fsp3) is 1.00. The van der Waals surface area contributed by atoms with Crippen molar-refractivity contribution in [3.8, 4) is 0 Å². The van der Waals surface area contributed by atoms with Crippen LogP contribution in [0.4, 0.5) is 0 Å². The molecule has 1 atom stereocenters. The maximum absolute atomic E-state index is 5.48. The number of methoxy groups -OCH3 is 1. The van der Waals surface area contributed by atoms with Crippen LogP contribution < -0.4 is 0 Å². The minimum atomic E-state index is 0.547. The molecule has 3 heteroatoms. The second-order valence-corrected chi connectivity index (χ2v) is 7.99. The molecule has 0 radical (unpaired) electrons. The predicted octanol–water partition coefficient (Wildman–Crippen LogP) is 3.63. The van der Waals surface area contributed by atoms with Gasteiger partial charge in [-0.3, -0.25) is 4.90 Å². The Morgan fingerprint density at radius 1 is 0.955 bits per heavy atom. The van der Waals surface area contributed by atoms with E-state index in [0.29, 0.717) is 12.1 Å². The standard InChI is InChI=1S/C19H38N2O/c1-16(2)21-13-11-20(12-14-21)15-17(3)5-6-18-7-9-19(22-4)10-8-18/h16-19H,5-15H2,1-4H3. The molecule has 22 heavy (non-hydrogen) atoms. The van der Waals surface area contributed by atoms with Crippen LogP contribution in [0.5, 0.6) is 0 Å². The van der Waals surface area contributed by atoms with Crippen molar-refractivity contribution in [2.45, 2.75) is 71.4 Å². The summed E-state index contributed by atoms with van der Waals surface area (Å²) in [4.78, 5) is 5.29. The lowest BCUT2D eigenvalue weighted by atomic mass is 9.83. The highest BCUT2D eigenvalue weighted by atomic mass is 16.5. The Morgan fingerprint density at radius 3 is 2.14 bits per heavy atom. The third kappa shape index (κ3) is 5.82. The van der Waals surface area contributed by atoms with Gasteiger partial charge in [-0.25, -0.2) is 0 Å². The van der Waals surface area contributed by atoms with Gasteiger partial charge in [-0.15, -0.1) is 0 Å². The van der Waals surface area contributed by atoms with Crippen LogP contribution in [-0.4, -0.2) is 61.8 Å². The Morgan fingerprint density at radius 2 is 1.59 bits per heavy atom. The number of piperazine rings is 1. The molecule has 1 saturated carbocycles. The van der Waals surface area contributed by atoms with Gasteiger partial charge in [-0.05, 0) is 57.8 Å². The van der Waals surface area contributed by atoms with E-state index in [1.165, 1.54) is 71.2 Å². The van der Waals surface area contributed by atoms with Gasteiger partial charge in [-0.2, -0.15) is 0 Å². The lowest BCUT2D eigenvalue weighted by molar-refractivity contribution is 0.0537. The van der Waals surface area contributed by atoms with Crippen molar-refractivity contribution in [1.82, 2.24) is 9.80 Å². The molecule has 0 amide bonds. The molecule has 2 rings (SSSR count). The Kier molecular flexibility index (Phi) is 7.66. The average Bonchev–Trinajstić information content (AvgIpc) is 2.54. The number of nitrogens with zero attached hydrogens (tertiary/aromatic N) is 2. The fourth-order valence-corrected chi connectivity index (χ4v) is 4.17. The van der Waals surface area contributed by atoms with E-state index in [9.17, 15) is 0 Å². The molecule has 0 bridgehead atoms. The van der Waals surface area contributed by atoms with E-state index >= 15 is 0 Å². The average molecular weight is 311 g/mol. The zero-order chi connectivity index (χ0) is 15.9. The number of hydrogen-bond donors (Lipinski definition) is 0. The van der Waals surface area contributed by atoms with Crippen LogP contribution in [0.25, 0.3) is 0 Å². The molecule has 1 aliphatic heterocycles. The first-order valence-electron chi connectivity index (χ1n) is 9.57. The number of hydrogen-bond acceptors (Lipinski definition) is 3. The quantitative estimate of drug-likeness (QED) is 0.714.